The topological polar surface area (TPSA) is 59.9 Å². The molecule has 0 saturated heterocycles. The second-order valence-electron chi connectivity index (χ2n) is 3.16. The summed E-state index contributed by atoms with van der Waals surface area (Å²) >= 11 is 11.5. The zero-order chi connectivity index (χ0) is 13.1. The molecule has 0 radical (unpaired) electrons. The predicted molar refractivity (Wildman–Crippen MR) is 66.1 cm³/mol. The second-order valence-corrected chi connectivity index (χ2v) is 3.91. The van der Waals surface area contributed by atoms with Crippen molar-refractivity contribution in [1.82, 2.24) is 15.0 Å². The van der Waals surface area contributed by atoms with Gasteiger partial charge in [-0.2, -0.15) is 15.0 Å². The Bertz CT molecular complexity index is 582. The first-order valence-electron chi connectivity index (χ1n) is 4.76. The van der Waals surface area contributed by atoms with Gasteiger partial charge in [-0.05, 0) is 29.8 Å². The number of nitrogens with one attached hydrogen (secondary N) is 1. The first kappa shape index (κ1) is 12.8. The minimum absolute atomic E-state index is 0.0254. The lowest BCUT2D eigenvalue weighted by Gasteiger charge is -2.07. The van der Waals surface area contributed by atoms with Crippen LogP contribution in [0.2, 0.25) is 10.3 Å². The molecule has 0 aliphatic rings. The van der Waals surface area contributed by atoms with Crippen molar-refractivity contribution < 1.29 is 9.13 Å². The zero-order valence-electron chi connectivity index (χ0n) is 9.12. The Labute approximate surface area is 112 Å². The van der Waals surface area contributed by atoms with Crippen molar-refractivity contribution in [3.63, 3.8) is 0 Å². The molecule has 0 bridgehead atoms. The fourth-order valence-corrected chi connectivity index (χ4v) is 1.56. The minimum atomic E-state index is -0.434. The standard InChI is InChI=1S/C10H7Cl2FN4O/c1-18-10-16-8(12)15-9(17-10)14-7-3-2-5(13)4-6(7)11/h2-4H,1H3,(H,14,15,16,17). The van der Waals surface area contributed by atoms with Crippen LogP contribution in [0.3, 0.4) is 0 Å². The summed E-state index contributed by atoms with van der Waals surface area (Å²) in [5, 5.41) is 2.96. The molecule has 18 heavy (non-hydrogen) atoms. The van der Waals surface area contributed by atoms with Crippen LogP contribution < -0.4 is 10.1 Å². The number of hydrogen-bond donors (Lipinski definition) is 1. The van der Waals surface area contributed by atoms with Crippen LogP contribution in [0.25, 0.3) is 0 Å². The fourth-order valence-electron chi connectivity index (χ4n) is 1.19. The number of methoxy groups -OCH3 is 1. The monoisotopic (exact) mass is 288 g/mol. The van der Waals surface area contributed by atoms with Gasteiger partial charge in [-0.1, -0.05) is 11.6 Å². The van der Waals surface area contributed by atoms with E-state index in [1.54, 1.807) is 0 Å². The van der Waals surface area contributed by atoms with E-state index in [0.29, 0.717) is 5.69 Å². The highest BCUT2D eigenvalue weighted by molar-refractivity contribution is 6.33. The quantitative estimate of drug-likeness (QED) is 0.941. The smallest absolute Gasteiger partial charge is 0.322 e. The van der Waals surface area contributed by atoms with Crippen molar-refractivity contribution in [2.75, 3.05) is 12.4 Å². The van der Waals surface area contributed by atoms with E-state index in [1.807, 2.05) is 0 Å². The Hall–Kier alpha value is -1.66. The van der Waals surface area contributed by atoms with Gasteiger partial charge in [0.05, 0.1) is 17.8 Å². The summed E-state index contributed by atoms with van der Waals surface area (Å²) in [6.45, 7) is 0. The lowest BCUT2D eigenvalue weighted by Crippen LogP contribution is -2.02. The third kappa shape index (κ3) is 2.96. The molecule has 0 saturated carbocycles. The number of ether oxygens (including phenoxy) is 1. The lowest BCUT2D eigenvalue weighted by molar-refractivity contribution is 0.379. The highest BCUT2D eigenvalue weighted by atomic mass is 35.5. The van der Waals surface area contributed by atoms with Crippen LogP contribution in [0.15, 0.2) is 18.2 Å². The molecule has 0 unspecified atom stereocenters. The molecule has 2 rings (SSSR count). The van der Waals surface area contributed by atoms with E-state index < -0.39 is 5.82 Å². The van der Waals surface area contributed by atoms with Gasteiger partial charge in [0.2, 0.25) is 11.2 Å². The first-order valence-corrected chi connectivity index (χ1v) is 5.51. The van der Waals surface area contributed by atoms with Crippen LogP contribution in [-0.4, -0.2) is 22.1 Å². The van der Waals surface area contributed by atoms with Crippen molar-refractivity contribution >= 4 is 34.8 Å². The molecule has 8 heteroatoms. The number of anilines is 2. The number of hydrogen-bond acceptors (Lipinski definition) is 5. The van der Waals surface area contributed by atoms with Gasteiger partial charge in [-0.25, -0.2) is 4.39 Å². The van der Waals surface area contributed by atoms with E-state index in [2.05, 4.69) is 20.3 Å². The van der Waals surface area contributed by atoms with Crippen LogP contribution in [-0.2, 0) is 0 Å². The number of benzene rings is 1. The Kier molecular flexibility index (Phi) is 3.78. The number of aromatic nitrogens is 3. The van der Waals surface area contributed by atoms with Crippen LogP contribution >= 0.6 is 23.2 Å². The normalized spacial score (nSPS) is 10.2. The fraction of sp³-hybridized carbons (Fsp3) is 0.100. The van der Waals surface area contributed by atoms with Gasteiger partial charge < -0.3 is 10.1 Å². The van der Waals surface area contributed by atoms with Crippen molar-refractivity contribution in [2.45, 2.75) is 0 Å². The molecular formula is C10H7Cl2FN4O. The van der Waals surface area contributed by atoms with Gasteiger partial charge in [0, 0.05) is 0 Å². The van der Waals surface area contributed by atoms with Crippen LogP contribution in [0, 0.1) is 5.82 Å². The van der Waals surface area contributed by atoms with E-state index in [0.717, 1.165) is 0 Å². The van der Waals surface area contributed by atoms with E-state index in [4.69, 9.17) is 27.9 Å². The maximum Gasteiger partial charge on any atom is 0.322 e. The van der Waals surface area contributed by atoms with Gasteiger partial charge in [-0.3, -0.25) is 0 Å². The molecule has 0 aliphatic heterocycles. The summed E-state index contributed by atoms with van der Waals surface area (Å²) < 4.78 is 17.7. The molecule has 1 aromatic heterocycles. The largest absolute Gasteiger partial charge is 0.467 e. The van der Waals surface area contributed by atoms with Crippen molar-refractivity contribution in [2.24, 2.45) is 0 Å². The second kappa shape index (κ2) is 5.32. The molecule has 0 atom stereocenters. The lowest BCUT2D eigenvalue weighted by atomic mass is 10.3. The zero-order valence-corrected chi connectivity index (χ0v) is 10.6. The molecule has 94 valence electrons. The predicted octanol–water partition coefficient (Wildman–Crippen LogP) is 3.07. The Morgan fingerprint density at radius 2 is 2.00 bits per heavy atom. The van der Waals surface area contributed by atoms with Crippen molar-refractivity contribution in [3.05, 3.63) is 34.3 Å². The molecule has 2 aromatic rings. The maximum absolute atomic E-state index is 12.9. The summed E-state index contributed by atoms with van der Waals surface area (Å²) in [4.78, 5) is 11.5. The number of rotatable bonds is 3. The molecule has 1 heterocycles. The highest BCUT2D eigenvalue weighted by Gasteiger charge is 2.08. The average Bonchev–Trinajstić information content (AvgIpc) is 2.32. The van der Waals surface area contributed by atoms with Crippen LogP contribution in [0.5, 0.6) is 6.01 Å². The van der Waals surface area contributed by atoms with Gasteiger partial charge in [0.25, 0.3) is 0 Å². The summed E-state index contributed by atoms with van der Waals surface area (Å²) in [6.07, 6.45) is 0. The van der Waals surface area contributed by atoms with Gasteiger partial charge in [-0.15, -0.1) is 0 Å². The summed E-state index contributed by atoms with van der Waals surface area (Å²) in [6, 6.07) is 3.95. The van der Waals surface area contributed by atoms with Gasteiger partial charge in [0.15, 0.2) is 0 Å². The summed E-state index contributed by atoms with van der Waals surface area (Å²) in [5.74, 6) is -0.280. The van der Waals surface area contributed by atoms with Crippen LogP contribution in [0.4, 0.5) is 16.0 Å². The van der Waals surface area contributed by atoms with Gasteiger partial charge in [0.1, 0.15) is 5.82 Å². The third-order valence-electron chi connectivity index (χ3n) is 1.95. The maximum atomic E-state index is 12.9. The van der Waals surface area contributed by atoms with E-state index in [1.165, 1.54) is 25.3 Å². The molecule has 0 aliphatic carbocycles. The van der Waals surface area contributed by atoms with Gasteiger partial charge >= 0.3 is 6.01 Å². The highest BCUT2D eigenvalue weighted by Crippen LogP contribution is 2.25. The Morgan fingerprint density at radius 3 is 2.67 bits per heavy atom. The van der Waals surface area contributed by atoms with Crippen molar-refractivity contribution in [3.8, 4) is 6.01 Å². The molecule has 1 aromatic carbocycles. The minimum Gasteiger partial charge on any atom is -0.467 e. The Morgan fingerprint density at radius 1 is 1.22 bits per heavy atom. The number of nitrogens with zero attached hydrogens (tertiary/aromatic N) is 3. The Balaban J connectivity index is 2.30. The van der Waals surface area contributed by atoms with E-state index in [9.17, 15) is 4.39 Å². The van der Waals surface area contributed by atoms with Crippen molar-refractivity contribution in [1.29, 1.82) is 0 Å². The molecule has 0 spiro atoms. The number of halogens is 3. The summed E-state index contributed by atoms with van der Waals surface area (Å²) in [7, 11) is 1.40. The SMILES string of the molecule is COc1nc(Cl)nc(Nc2ccc(F)cc2Cl)n1. The van der Waals surface area contributed by atoms with E-state index >= 15 is 0 Å². The molecular weight excluding hydrogens is 282 g/mol. The summed E-state index contributed by atoms with van der Waals surface area (Å²) in [5.41, 5.74) is 0.447. The van der Waals surface area contributed by atoms with Crippen LogP contribution in [0.1, 0.15) is 0 Å². The average molecular weight is 289 g/mol. The molecule has 0 fully saturated rings. The molecule has 0 amide bonds. The molecule has 1 N–H and O–H groups in total. The first-order chi connectivity index (χ1) is 8.58. The molecule has 5 nitrogen and oxygen atoms in total. The third-order valence-corrected chi connectivity index (χ3v) is 2.43. The van der Waals surface area contributed by atoms with E-state index in [-0.39, 0.29) is 22.3 Å².